The SMILES string of the molecule is O=C(Nc1ccc2c(c1)OCCO2)N1CCN(c2ccc(-n3cccn3)nn2)CC1. The molecule has 10 nitrogen and oxygen atoms in total. The predicted molar refractivity (Wildman–Crippen MR) is 109 cm³/mol. The van der Waals surface area contributed by atoms with Crippen LogP contribution in [0.25, 0.3) is 5.82 Å². The molecule has 5 rings (SSSR count). The monoisotopic (exact) mass is 407 g/mol. The molecule has 0 spiro atoms. The van der Waals surface area contributed by atoms with E-state index < -0.39 is 0 Å². The maximum Gasteiger partial charge on any atom is 0.321 e. The number of ether oxygens (including phenoxy) is 2. The highest BCUT2D eigenvalue weighted by atomic mass is 16.6. The normalized spacial score (nSPS) is 15.7. The summed E-state index contributed by atoms with van der Waals surface area (Å²) in [6.07, 6.45) is 3.52. The summed E-state index contributed by atoms with van der Waals surface area (Å²) in [6, 6.07) is 10.9. The molecule has 30 heavy (non-hydrogen) atoms. The van der Waals surface area contributed by atoms with Gasteiger partial charge in [0.2, 0.25) is 0 Å². The van der Waals surface area contributed by atoms with Crippen molar-refractivity contribution in [2.45, 2.75) is 0 Å². The van der Waals surface area contributed by atoms with Crippen molar-refractivity contribution in [1.29, 1.82) is 0 Å². The van der Waals surface area contributed by atoms with Crippen LogP contribution in [-0.2, 0) is 0 Å². The highest BCUT2D eigenvalue weighted by Crippen LogP contribution is 2.32. The zero-order valence-electron chi connectivity index (χ0n) is 16.3. The van der Waals surface area contributed by atoms with Crippen LogP contribution in [0.4, 0.5) is 16.3 Å². The standard InChI is InChI=1S/C20H21N7O3/c28-20(22-15-2-3-16-17(14-15)30-13-12-29-16)26-10-8-25(9-11-26)18-4-5-19(24-23-18)27-7-1-6-21-27/h1-7,14H,8-13H2,(H,22,28). The molecule has 0 atom stereocenters. The van der Waals surface area contributed by atoms with Gasteiger partial charge < -0.3 is 24.6 Å². The predicted octanol–water partition coefficient (Wildman–Crippen LogP) is 1.79. The summed E-state index contributed by atoms with van der Waals surface area (Å²) in [7, 11) is 0. The van der Waals surface area contributed by atoms with Crippen LogP contribution in [0.1, 0.15) is 0 Å². The first-order valence-corrected chi connectivity index (χ1v) is 9.80. The molecule has 1 fully saturated rings. The number of aromatic nitrogens is 4. The van der Waals surface area contributed by atoms with Crippen LogP contribution in [0.5, 0.6) is 11.5 Å². The first-order valence-electron chi connectivity index (χ1n) is 9.80. The molecule has 4 heterocycles. The van der Waals surface area contributed by atoms with Crippen LogP contribution in [0.3, 0.4) is 0 Å². The van der Waals surface area contributed by atoms with E-state index >= 15 is 0 Å². The number of urea groups is 1. The second-order valence-electron chi connectivity index (χ2n) is 6.96. The van der Waals surface area contributed by atoms with Gasteiger partial charge in [-0.05, 0) is 30.3 Å². The van der Waals surface area contributed by atoms with Crippen LogP contribution < -0.4 is 19.7 Å². The summed E-state index contributed by atoms with van der Waals surface area (Å²) >= 11 is 0. The van der Waals surface area contributed by atoms with Gasteiger partial charge in [0, 0.05) is 50.3 Å². The number of carbonyl (C=O) groups excluding carboxylic acids is 1. The fourth-order valence-electron chi connectivity index (χ4n) is 3.48. The molecule has 1 N–H and O–H groups in total. The third-order valence-corrected chi connectivity index (χ3v) is 5.06. The Labute approximate surface area is 173 Å². The van der Waals surface area contributed by atoms with E-state index in [4.69, 9.17) is 9.47 Å². The lowest BCUT2D eigenvalue weighted by Crippen LogP contribution is -2.50. The number of hydrogen-bond acceptors (Lipinski definition) is 7. The molecule has 2 aromatic heterocycles. The highest BCUT2D eigenvalue weighted by Gasteiger charge is 2.23. The van der Waals surface area contributed by atoms with Crippen LogP contribution in [0, 0.1) is 0 Å². The Bertz CT molecular complexity index is 1020. The van der Waals surface area contributed by atoms with E-state index in [-0.39, 0.29) is 6.03 Å². The number of carbonyl (C=O) groups is 1. The second-order valence-corrected chi connectivity index (χ2v) is 6.96. The van der Waals surface area contributed by atoms with Crippen molar-refractivity contribution in [1.82, 2.24) is 24.9 Å². The van der Waals surface area contributed by atoms with Crippen molar-refractivity contribution in [2.75, 3.05) is 49.6 Å². The number of fused-ring (bicyclic) bond motifs is 1. The van der Waals surface area contributed by atoms with Crippen molar-refractivity contribution < 1.29 is 14.3 Å². The zero-order valence-corrected chi connectivity index (χ0v) is 16.3. The number of amides is 2. The van der Waals surface area contributed by atoms with Crippen molar-refractivity contribution in [3.05, 3.63) is 48.8 Å². The van der Waals surface area contributed by atoms with Crippen molar-refractivity contribution in [3.63, 3.8) is 0 Å². The summed E-state index contributed by atoms with van der Waals surface area (Å²) in [4.78, 5) is 16.6. The van der Waals surface area contributed by atoms with E-state index in [1.54, 1.807) is 21.8 Å². The minimum atomic E-state index is -0.133. The number of nitrogens with one attached hydrogen (secondary N) is 1. The van der Waals surface area contributed by atoms with E-state index in [1.165, 1.54) is 0 Å². The van der Waals surface area contributed by atoms with Crippen LogP contribution in [0.15, 0.2) is 48.8 Å². The number of nitrogens with zero attached hydrogens (tertiary/aromatic N) is 6. The summed E-state index contributed by atoms with van der Waals surface area (Å²) in [6.45, 7) is 3.62. The Kier molecular flexibility index (Phi) is 4.80. The lowest BCUT2D eigenvalue weighted by atomic mass is 10.2. The van der Waals surface area contributed by atoms with Gasteiger partial charge in [0.25, 0.3) is 0 Å². The van der Waals surface area contributed by atoms with Crippen molar-refractivity contribution in [2.24, 2.45) is 0 Å². The lowest BCUT2D eigenvalue weighted by Gasteiger charge is -2.35. The van der Waals surface area contributed by atoms with Gasteiger partial charge in [-0.15, -0.1) is 10.2 Å². The first kappa shape index (κ1) is 18.2. The summed E-state index contributed by atoms with van der Waals surface area (Å²) < 4.78 is 12.7. The Hall–Kier alpha value is -3.82. The van der Waals surface area contributed by atoms with E-state index in [1.807, 2.05) is 36.5 Å². The molecule has 0 saturated carbocycles. The number of hydrogen-bond donors (Lipinski definition) is 1. The number of rotatable bonds is 3. The number of anilines is 2. The Balaban J connectivity index is 1.17. The van der Waals surface area contributed by atoms with Gasteiger partial charge >= 0.3 is 6.03 Å². The highest BCUT2D eigenvalue weighted by molar-refractivity contribution is 5.90. The fourth-order valence-corrected chi connectivity index (χ4v) is 3.48. The third kappa shape index (κ3) is 3.71. The molecular formula is C20H21N7O3. The van der Waals surface area contributed by atoms with E-state index in [0.717, 1.165) is 5.82 Å². The molecule has 3 aromatic rings. The van der Waals surface area contributed by atoms with Gasteiger partial charge in [-0.2, -0.15) is 5.10 Å². The van der Waals surface area contributed by atoms with Crippen molar-refractivity contribution in [3.8, 4) is 17.3 Å². The molecular weight excluding hydrogens is 386 g/mol. The number of benzene rings is 1. The molecule has 1 aromatic carbocycles. The molecule has 1 saturated heterocycles. The Morgan fingerprint density at radius 3 is 2.43 bits per heavy atom. The zero-order chi connectivity index (χ0) is 20.3. The second kappa shape index (κ2) is 7.90. The summed E-state index contributed by atoms with van der Waals surface area (Å²) in [5.74, 6) is 2.81. The van der Waals surface area contributed by atoms with Gasteiger partial charge in [0.1, 0.15) is 13.2 Å². The molecule has 10 heteroatoms. The maximum absolute atomic E-state index is 12.6. The van der Waals surface area contributed by atoms with Gasteiger partial charge in [-0.25, -0.2) is 9.48 Å². The maximum atomic E-state index is 12.6. The molecule has 2 aliphatic heterocycles. The molecule has 2 aliphatic rings. The number of piperazine rings is 1. The van der Waals surface area contributed by atoms with E-state index in [9.17, 15) is 4.79 Å². The topological polar surface area (TPSA) is 97.6 Å². The van der Waals surface area contributed by atoms with Gasteiger partial charge in [0.05, 0.1) is 0 Å². The molecule has 154 valence electrons. The smallest absolute Gasteiger partial charge is 0.321 e. The Morgan fingerprint density at radius 1 is 0.933 bits per heavy atom. The third-order valence-electron chi connectivity index (χ3n) is 5.06. The molecule has 2 amide bonds. The van der Waals surface area contributed by atoms with Crippen LogP contribution in [-0.4, -0.2) is 70.3 Å². The van der Waals surface area contributed by atoms with Crippen molar-refractivity contribution >= 4 is 17.5 Å². The largest absolute Gasteiger partial charge is 0.486 e. The van der Waals surface area contributed by atoms with Crippen LogP contribution in [0.2, 0.25) is 0 Å². The summed E-state index contributed by atoms with van der Waals surface area (Å²) in [5, 5.41) is 15.6. The van der Waals surface area contributed by atoms with Gasteiger partial charge in [-0.1, -0.05) is 0 Å². The minimum absolute atomic E-state index is 0.133. The summed E-state index contributed by atoms with van der Waals surface area (Å²) in [5.41, 5.74) is 0.687. The molecule has 0 radical (unpaired) electrons. The average Bonchev–Trinajstić information content (AvgIpc) is 3.34. The molecule has 0 bridgehead atoms. The fraction of sp³-hybridized carbons (Fsp3) is 0.300. The average molecular weight is 407 g/mol. The minimum Gasteiger partial charge on any atom is -0.486 e. The van der Waals surface area contributed by atoms with Crippen LogP contribution >= 0.6 is 0 Å². The Morgan fingerprint density at radius 2 is 1.70 bits per heavy atom. The lowest BCUT2D eigenvalue weighted by molar-refractivity contribution is 0.171. The van der Waals surface area contributed by atoms with Gasteiger partial charge in [0.15, 0.2) is 23.1 Å². The van der Waals surface area contributed by atoms with E-state index in [2.05, 4.69) is 25.5 Å². The van der Waals surface area contributed by atoms with E-state index in [0.29, 0.717) is 62.4 Å². The molecule has 0 aliphatic carbocycles. The first-order chi connectivity index (χ1) is 14.8. The van der Waals surface area contributed by atoms with Gasteiger partial charge in [-0.3, -0.25) is 0 Å². The molecule has 0 unspecified atom stereocenters. The quantitative estimate of drug-likeness (QED) is 0.707.